The molecule has 1 aliphatic carbocycles. The highest BCUT2D eigenvalue weighted by Crippen LogP contribution is 2.48. The Kier molecular flexibility index (Phi) is 11.0. The first-order valence-electron chi connectivity index (χ1n) is 21.5. The minimum absolute atomic E-state index is 0.0105. The van der Waals surface area contributed by atoms with Crippen molar-refractivity contribution in [3.8, 4) is 39.7 Å². The predicted octanol–water partition coefficient (Wildman–Crippen LogP) is 17.6. The second-order valence-corrected chi connectivity index (χ2v) is 17.2. The van der Waals surface area contributed by atoms with Gasteiger partial charge < -0.3 is 9.13 Å². The van der Waals surface area contributed by atoms with E-state index in [1.165, 1.54) is 69.8 Å². The average molecular weight is 1000 g/mol. The van der Waals surface area contributed by atoms with Gasteiger partial charge in [-0.3, -0.25) is 0 Å². The molecular formula is C54H28F15N3. The van der Waals surface area contributed by atoms with Crippen molar-refractivity contribution in [2.24, 2.45) is 5.92 Å². The third-order valence-corrected chi connectivity index (χ3v) is 12.7. The fourth-order valence-corrected chi connectivity index (χ4v) is 9.51. The van der Waals surface area contributed by atoms with Gasteiger partial charge in [0, 0.05) is 32.7 Å². The summed E-state index contributed by atoms with van der Waals surface area (Å²) in [5.74, 6) is -2.48. The summed E-state index contributed by atoms with van der Waals surface area (Å²) in [5.41, 5.74) is -5.75. The van der Waals surface area contributed by atoms with Gasteiger partial charge in [-0.15, -0.1) is 0 Å². The van der Waals surface area contributed by atoms with Gasteiger partial charge in [-0.1, -0.05) is 66.7 Å². The number of nitriles is 1. The smallest absolute Gasteiger partial charge is 0.309 e. The van der Waals surface area contributed by atoms with E-state index in [9.17, 15) is 57.9 Å². The molecule has 2 heterocycles. The van der Waals surface area contributed by atoms with Crippen LogP contribution in [0.1, 0.15) is 34.2 Å². The molecule has 0 saturated carbocycles. The van der Waals surface area contributed by atoms with Gasteiger partial charge >= 0.3 is 30.9 Å². The monoisotopic (exact) mass is 1000 g/mol. The van der Waals surface area contributed by atoms with Crippen molar-refractivity contribution in [1.29, 1.82) is 5.26 Å². The zero-order valence-corrected chi connectivity index (χ0v) is 36.2. The van der Waals surface area contributed by atoms with E-state index in [2.05, 4.69) is 0 Å². The Labute approximate surface area is 396 Å². The van der Waals surface area contributed by atoms with Crippen LogP contribution in [-0.2, 0) is 18.5 Å². The van der Waals surface area contributed by atoms with E-state index in [1.807, 2.05) is 6.07 Å². The van der Waals surface area contributed by atoms with Gasteiger partial charge in [0.2, 0.25) is 0 Å². The Hall–Kier alpha value is -7.94. The van der Waals surface area contributed by atoms with E-state index in [1.54, 1.807) is 48.5 Å². The van der Waals surface area contributed by atoms with E-state index < -0.39 is 71.0 Å². The molecule has 3 nitrogen and oxygen atoms in total. The maximum absolute atomic E-state index is 15.5. The van der Waals surface area contributed by atoms with Crippen LogP contribution >= 0.6 is 0 Å². The van der Waals surface area contributed by atoms with Gasteiger partial charge in [-0.25, -0.2) is 0 Å². The summed E-state index contributed by atoms with van der Waals surface area (Å²) in [6, 6.07) is 31.3. The average Bonchev–Trinajstić information content (AvgIpc) is 3.84. The number of alkyl halides is 15. The summed E-state index contributed by atoms with van der Waals surface area (Å²) in [6.45, 7) is 0. The first kappa shape index (κ1) is 47.7. The number of hydrogen-bond donors (Lipinski definition) is 0. The summed E-state index contributed by atoms with van der Waals surface area (Å²) in [5, 5.41) is 11.2. The molecule has 0 radical (unpaired) electrons. The zero-order valence-electron chi connectivity index (χ0n) is 36.2. The molecule has 9 aromatic rings. The van der Waals surface area contributed by atoms with Crippen LogP contribution < -0.4 is 0 Å². The van der Waals surface area contributed by atoms with Crippen molar-refractivity contribution in [1.82, 2.24) is 9.13 Å². The number of halogens is 15. The van der Waals surface area contributed by atoms with Crippen molar-refractivity contribution in [2.45, 2.75) is 37.3 Å². The van der Waals surface area contributed by atoms with Crippen LogP contribution in [0.3, 0.4) is 0 Å². The summed E-state index contributed by atoms with van der Waals surface area (Å²) < 4.78 is 218. The number of para-hydroxylation sites is 2. The highest BCUT2D eigenvalue weighted by Gasteiger charge is 2.46. The molecule has 0 bridgehead atoms. The van der Waals surface area contributed by atoms with E-state index >= 15 is 13.2 Å². The van der Waals surface area contributed by atoms with Gasteiger partial charge in [0.25, 0.3) is 0 Å². The van der Waals surface area contributed by atoms with Gasteiger partial charge in [0.15, 0.2) is 0 Å². The normalized spacial score (nSPS) is 15.1. The Balaban J connectivity index is 1.28. The topological polar surface area (TPSA) is 33.6 Å². The largest absolute Gasteiger partial charge is 0.416 e. The maximum Gasteiger partial charge on any atom is 0.416 e. The SMILES string of the molecule is N#Cc1cccc(-c2c(-n3c4ccccc4c4cc(C5=CC(C(F)(F)F)CC(C(F)(F)F)=C5)ccc43)cc(C(F)(F)F)cc2-n2c3ccccc3c3cc(-c4cc(C(F)(F)F)cc(C(F)(F)F)c4)ccc32)c1. The third-order valence-electron chi connectivity index (χ3n) is 12.7. The highest BCUT2D eigenvalue weighted by molar-refractivity contribution is 6.13. The minimum Gasteiger partial charge on any atom is -0.309 e. The molecule has 1 unspecified atom stereocenters. The van der Waals surface area contributed by atoms with Crippen molar-refractivity contribution in [3.63, 3.8) is 0 Å². The fraction of sp³-hybridized carbons (Fsp3) is 0.130. The molecular weight excluding hydrogens is 976 g/mol. The van der Waals surface area contributed by atoms with E-state index in [-0.39, 0.29) is 83.7 Å². The number of aromatic nitrogens is 2. The second-order valence-electron chi connectivity index (χ2n) is 17.2. The molecule has 10 rings (SSSR count). The van der Waals surface area contributed by atoms with Crippen LogP contribution in [0, 0.1) is 17.2 Å². The molecule has 2 aromatic heterocycles. The Morgan fingerprint density at radius 1 is 0.431 bits per heavy atom. The lowest BCUT2D eigenvalue weighted by molar-refractivity contribution is -0.165. The molecule has 0 N–H and O–H groups in total. The molecule has 0 fully saturated rings. The molecule has 7 aromatic carbocycles. The first-order valence-corrected chi connectivity index (χ1v) is 21.5. The number of benzene rings is 7. The van der Waals surface area contributed by atoms with Crippen LogP contribution in [0.25, 0.3) is 82.8 Å². The summed E-state index contributed by atoms with van der Waals surface area (Å²) in [6.07, 6.45) is -25.5. The number of rotatable bonds is 5. The fourth-order valence-electron chi connectivity index (χ4n) is 9.51. The Morgan fingerprint density at radius 2 is 0.917 bits per heavy atom. The second kappa shape index (κ2) is 16.6. The molecule has 1 aliphatic rings. The van der Waals surface area contributed by atoms with Gasteiger partial charge in [0.05, 0.1) is 67.7 Å². The third kappa shape index (κ3) is 8.39. The van der Waals surface area contributed by atoms with Crippen LogP contribution in [0.5, 0.6) is 0 Å². The lowest BCUT2D eigenvalue weighted by atomic mass is 9.86. The predicted molar refractivity (Wildman–Crippen MR) is 242 cm³/mol. The summed E-state index contributed by atoms with van der Waals surface area (Å²) >= 11 is 0. The van der Waals surface area contributed by atoms with Crippen LogP contribution in [-0.4, -0.2) is 21.5 Å². The van der Waals surface area contributed by atoms with Crippen molar-refractivity contribution >= 4 is 49.2 Å². The van der Waals surface area contributed by atoms with Crippen molar-refractivity contribution in [3.05, 3.63) is 185 Å². The molecule has 0 spiro atoms. The Morgan fingerprint density at radius 3 is 1.42 bits per heavy atom. The molecule has 0 amide bonds. The van der Waals surface area contributed by atoms with Crippen LogP contribution in [0.15, 0.2) is 157 Å². The first-order chi connectivity index (χ1) is 33.8. The van der Waals surface area contributed by atoms with Gasteiger partial charge in [-0.2, -0.15) is 71.1 Å². The number of allylic oxidation sites excluding steroid dienone is 4. The van der Waals surface area contributed by atoms with Crippen LogP contribution in [0.4, 0.5) is 65.9 Å². The Bertz CT molecular complexity index is 3760. The zero-order chi connectivity index (χ0) is 51.4. The molecule has 0 aliphatic heterocycles. The summed E-state index contributed by atoms with van der Waals surface area (Å²) in [4.78, 5) is 0. The van der Waals surface area contributed by atoms with E-state index in [0.29, 0.717) is 35.1 Å². The lowest BCUT2D eigenvalue weighted by Crippen LogP contribution is -2.27. The van der Waals surface area contributed by atoms with Crippen molar-refractivity contribution < 1.29 is 65.9 Å². The molecule has 1 atom stereocenters. The number of hydrogen-bond acceptors (Lipinski definition) is 1. The standard InChI is InChI=1S/C54H28F15N3/c55-50(56,57)34-17-32(18-35(23-34)51(58,59)60)29-12-14-45-41(21-29)39-8-1-3-10-43(39)71(45)47-25-38(54(67,68)69)26-48(49(47)31-7-5-6-28(16-31)27-70)72-44-11-4-2-9-40(44)42-22-30(13-15-46(42)72)33-19-36(52(61,62)63)24-37(20-33)53(64,65)66/h1-23,25-26,36H,24H2. The van der Waals surface area contributed by atoms with Gasteiger partial charge in [0.1, 0.15) is 0 Å². The van der Waals surface area contributed by atoms with E-state index in [0.717, 1.165) is 12.1 Å². The quantitative estimate of drug-likeness (QED) is 0.158. The molecule has 364 valence electrons. The minimum atomic E-state index is -5.17. The van der Waals surface area contributed by atoms with Gasteiger partial charge in [-0.05, 0) is 119 Å². The number of nitrogens with zero attached hydrogens (tertiary/aromatic N) is 3. The highest BCUT2D eigenvalue weighted by atomic mass is 19.4. The molecule has 18 heteroatoms. The maximum atomic E-state index is 15.5. The summed E-state index contributed by atoms with van der Waals surface area (Å²) in [7, 11) is 0. The molecule has 0 saturated heterocycles. The molecule has 72 heavy (non-hydrogen) atoms. The lowest BCUT2D eigenvalue weighted by Gasteiger charge is -2.25. The van der Waals surface area contributed by atoms with E-state index in [4.69, 9.17) is 0 Å². The van der Waals surface area contributed by atoms with Crippen molar-refractivity contribution in [2.75, 3.05) is 0 Å². The van der Waals surface area contributed by atoms with Crippen LogP contribution in [0.2, 0.25) is 0 Å². The number of fused-ring (bicyclic) bond motifs is 6.